The van der Waals surface area contributed by atoms with Crippen molar-refractivity contribution in [1.29, 1.82) is 0 Å². The first-order valence-electron chi connectivity index (χ1n) is 9.00. The third kappa shape index (κ3) is 1.77. The van der Waals surface area contributed by atoms with Gasteiger partial charge in [-0.15, -0.1) is 0 Å². The molecular formula is C19H28O2. The second kappa shape index (κ2) is 4.43. The molecule has 0 aliphatic heterocycles. The number of ketones is 2. The number of carbonyl (C=O) groups excluding carboxylic acids is 2. The zero-order valence-electron chi connectivity index (χ0n) is 13.5. The van der Waals surface area contributed by atoms with Crippen LogP contribution in [0, 0.1) is 34.5 Å². The lowest BCUT2D eigenvalue weighted by molar-refractivity contribution is -0.158. The summed E-state index contributed by atoms with van der Waals surface area (Å²) in [7, 11) is 0. The van der Waals surface area contributed by atoms with Gasteiger partial charge in [-0.3, -0.25) is 9.59 Å². The molecule has 4 saturated carbocycles. The fraction of sp³-hybridized carbons (Fsp3) is 0.895. The van der Waals surface area contributed by atoms with Gasteiger partial charge in [0.15, 0.2) is 0 Å². The average molecular weight is 288 g/mol. The van der Waals surface area contributed by atoms with Gasteiger partial charge in [-0.05, 0) is 67.6 Å². The van der Waals surface area contributed by atoms with E-state index in [-0.39, 0.29) is 23.4 Å². The summed E-state index contributed by atoms with van der Waals surface area (Å²) in [6.45, 7) is 4.72. The number of hydrogen-bond acceptors (Lipinski definition) is 2. The number of rotatable bonds is 0. The average Bonchev–Trinajstić information content (AvgIpc) is 2.82. The molecule has 116 valence electrons. The summed E-state index contributed by atoms with van der Waals surface area (Å²) in [6.07, 6.45) is 9.97. The van der Waals surface area contributed by atoms with Crippen LogP contribution in [0.25, 0.3) is 0 Å². The topological polar surface area (TPSA) is 34.1 Å². The van der Waals surface area contributed by atoms with Crippen molar-refractivity contribution >= 4 is 11.6 Å². The van der Waals surface area contributed by atoms with Crippen molar-refractivity contribution < 1.29 is 9.59 Å². The second-order valence-electron chi connectivity index (χ2n) is 8.86. The van der Waals surface area contributed by atoms with E-state index in [1.807, 2.05) is 0 Å². The Hall–Kier alpha value is -0.660. The highest BCUT2D eigenvalue weighted by molar-refractivity contribution is 6.04. The molecule has 4 aliphatic rings. The SMILES string of the molecule is C[C@@]12CCC[C@H]1[C@@H]1CCC3CC(=O)CC(=O)[C@]3(C)[C@H]1CC2. The van der Waals surface area contributed by atoms with Gasteiger partial charge >= 0.3 is 0 Å². The van der Waals surface area contributed by atoms with Crippen molar-refractivity contribution in [1.82, 2.24) is 0 Å². The number of carbonyl (C=O) groups is 2. The Morgan fingerprint density at radius 2 is 1.76 bits per heavy atom. The third-order valence-electron chi connectivity index (χ3n) is 8.12. The van der Waals surface area contributed by atoms with E-state index in [9.17, 15) is 9.59 Å². The van der Waals surface area contributed by atoms with Gasteiger partial charge in [0.2, 0.25) is 0 Å². The summed E-state index contributed by atoms with van der Waals surface area (Å²) in [5, 5.41) is 0. The van der Waals surface area contributed by atoms with E-state index in [0.29, 0.717) is 23.7 Å². The Morgan fingerprint density at radius 3 is 2.57 bits per heavy atom. The van der Waals surface area contributed by atoms with Crippen molar-refractivity contribution in [3.05, 3.63) is 0 Å². The first kappa shape index (κ1) is 14.0. The highest BCUT2D eigenvalue weighted by Crippen LogP contribution is 2.65. The third-order valence-corrected chi connectivity index (χ3v) is 8.12. The minimum atomic E-state index is -0.180. The molecule has 0 N–H and O–H groups in total. The van der Waals surface area contributed by atoms with E-state index in [4.69, 9.17) is 0 Å². The fourth-order valence-corrected chi connectivity index (χ4v) is 6.89. The van der Waals surface area contributed by atoms with Gasteiger partial charge in [0, 0.05) is 11.8 Å². The van der Waals surface area contributed by atoms with Crippen molar-refractivity contribution in [3.63, 3.8) is 0 Å². The maximum atomic E-state index is 12.8. The van der Waals surface area contributed by atoms with E-state index < -0.39 is 0 Å². The van der Waals surface area contributed by atoms with Crippen molar-refractivity contribution in [2.45, 2.75) is 71.6 Å². The lowest BCUT2D eigenvalue weighted by Crippen LogP contribution is -2.56. The van der Waals surface area contributed by atoms with Crippen molar-refractivity contribution in [2.75, 3.05) is 0 Å². The van der Waals surface area contributed by atoms with Gasteiger partial charge in [0.05, 0.1) is 6.42 Å². The van der Waals surface area contributed by atoms with E-state index in [1.165, 1.54) is 38.5 Å². The van der Waals surface area contributed by atoms with Gasteiger partial charge in [-0.2, -0.15) is 0 Å². The summed E-state index contributed by atoms with van der Waals surface area (Å²) in [6, 6.07) is 0. The van der Waals surface area contributed by atoms with Gasteiger partial charge in [0.25, 0.3) is 0 Å². The van der Waals surface area contributed by atoms with Crippen LogP contribution in [0.2, 0.25) is 0 Å². The number of hydrogen-bond donors (Lipinski definition) is 0. The Balaban J connectivity index is 1.69. The van der Waals surface area contributed by atoms with Gasteiger partial charge < -0.3 is 0 Å². The minimum absolute atomic E-state index is 0.180. The molecule has 0 bridgehead atoms. The molecule has 2 nitrogen and oxygen atoms in total. The van der Waals surface area contributed by atoms with Crippen LogP contribution in [0.1, 0.15) is 71.6 Å². The Labute approximate surface area is 128 Å². The quantitative estimate of drug-likeness (QED) is 0.627. The van der Waals surface area contributed by atoms with Gasteiger partial charge in [-0.25, -0.2) is 0 Å². The Kier molecular flexibility index (Phi) is 2.94. The molecule has 0 saturated heterocycles. The molecule has 0 aromatic heterocycles. The molecule has 0 spiro atoms. The van der Waals surface area contributed by atoms with Crippen molar-refractivity contribution in [2.24, 2.45) is 34.5 Å². The highest BCUT2D eigenvalue weighted by Gasteiger charge is 2.60. The molecule has 0 aromatic rings. The molecule has 0 amide bonds. The first-order valence-corrected chi connectivity index (χ1v) is 9.00. The molecule has 0 aromatic carbocycles. The molecule has 1 unspecified atom stereocenters. The van der Waals surface area contributed by atoms with Crippen LogP contribution >= 0.6 is 0 Å². The summed E-state index contributed by atoms with van der Waals surface area (Å²) in [4.78, 5) is 24.6. The van der Waals surface area contributed by atoms with Crippen LogP contribution in [-0.4, -0.2) is 11.6 Å². The van der Waals surface area contributed by atoms with Gasteiger partial charge in [-0.1, -0.05) is 20.3 Å². The summed E-state index contributed by atoms with van der Waals surface area (Å²) >= 11 is 0. The van der Waals surface area contributed by atoms with E-state index in [2.05, 4.69) is 13.8 Å². The molecule has 21 heavy (non-hydrogen) atoms. The lowest BCUT2D eigenvalue weighted by Gasteiger charge is -2.58. The molecule has 6 atom stereocenters. The monoisotopic (exact) mass is 288 g/mol. The molecule has 0 radical (unpaired) electrons. The van der Waals surface area contributed by atoms with E-state index in [1.54, 1.807) is 0 Å². The zero-order chi connectivity index (χ0) is 14.8. The van der Waals surface area contributed by atoms with Crippen LogP contribution in [0.4, 0.5) is 0 Å². The molecule has 0 heterocycles. The number of fused-ring (bicyclic) bond motifs is 5. The van der Waals surface area contributed by atoms with Gasteiger partial charge in [0.1, 0.15) is 11.6 Å². The molecule has 4 rings (SSSR count). The maximum absolute atomic E-state index is 12.8. The number of Topliss-reactive ketones (excluding diaryl/α,β-unsaturated/α-hetero) is 2. The largest absolute Gasteiger partial charge is 0.299 e. The molecular weight excluding hydrogens is 260 g/mol. The summed E-state index contributed by atoms with van der Waals surface area (Å²) in [5.74, 6) is 2.98. The Bertz CT molecular complexity index is 496. The smallest absolute Gasteiger partial charge is 0.146 e. The van der Waals surface area contributed by atoms with Crippen LogP contribution in [0.3, 0.4) is 0 Å². The fourth-order valence-electron chi connectivity index (χ4n) is 6.89. The van der Waals surface area contributed by atoms with Crippen LogP contribution in [0.15, 0.2) is 0 Å². The van der Waals surface area contributed by atoms with E-state index >= 15 is 0 Å². The second-order valence-corrected chi connectivity index (χ2v) is 8.86. The van der Waals surface area contributed by atoms with Crippen LogP contribution in [0.5, 0.6) is 0 Å². The predicted octanol–water partition coefficient (Wildman–Crippen LogP) is 4.17. The first-order chi connectivity index (χ1) is 9.95. The maximum Gasteiger partial charge on any atom is 0.146 e. The predicted molar refractivity (Wildman–Crippen MR) is 81.7 cm³/mol. The summed E-state index contributed by atoms with van der Waals surface area (Å²) < 4.78 is 0. The van der Waals surface area contributed by atoms with E-state index in [0.717, 1.165) is 18.3 Å². The Morgan fingerprint density at radius 1 is 0.952 bits per heavy atom. The standard InChI is InChI=1S/C19H28O2/c1-18-8-3-4-15(18)14-6-5-12-10-13(20)11-17(21)19(12,2)16(14)7-9-18/h12,14-16H,3-11H2,1-2H3/t12?,14-,15-,16-,18-,19-/m0/s1. The highest BCUT2D eigenvalue weighted by atomic mass is 16.2. The zero-order valence-corrected chi connectivity index (χ0v) is 13.5. The molecule has 2 heteroatoms. The van der Waals surface area contributed by atoms with Crippen molar-refractivity contribution in [3.8, 4) is 0 Å². The molecule has 4 aliphatic carbocycles. The summed E-state index contributed by atoms with van der Waals surface area (Å²) in [5.41, 5.74) is 0.374. The minimum Gasteiger partial charge on any atom is -0.299 e. The lowest BCUT2D eigenvalue weighted by atomic mass is 9.45. The molecule has 4 fully saturated rings. The van der Waals surface area contributed by atoms with Crippen LogP contribution in [-0.2, 0) is 9.59 Å². The van der Waals surface area contributed by atoms with Crippen LogP contribution < -0.4 is 0 Å². The normalized spacial score (nSPS) is 53.0.